The number of nitriles is 1. The fraction of sp³-hybridized carbons (Fsp3) is 0.389. The monoisotopic (exact) mass is 370 g/mol. The molecule has 27 heavy (non-hydrogen) atoms. The molecular formula is C18H18N4O5. The minimum absolute atomic E-state index is 0.0864. The van der Waals surface area contributed by atoms with E-state index in [1.54, 1.807) is 24.3 Å². The van der Waals surface area contributed by atoms with Gasteiger partial charge in [-0.2, -0.15) is 9.94 Å². The minimum Gasteiger partial charge on any atom is -0.454 e. The highest BCUT2D eigenvalue weighted by molar-refractivity contribution is 5.81. The van der Waals surface area contributed by atoms with Gasteiger partial charge in [0.15, 0.2) is 6.61 Å². The third kappa shape index (κ3) is 4.41. The highest BCUT2D eigenvalue weighted by Gasteiger charge is 2.35. The molecule has 0 atom stereocenters. The average Bonchev–Trinajstić information content (AvgIpc) is 3.28. The molecule has 1 aromatic heterocycles. The zero-order chi connectivity index (χ0) is 19.3. The molecule has 1 saturated carbocycles. The molecule has 0 unspecified atom stereocenters. The molecule has 9 heteroatoms. The first-order chi connectivity index (χ1) is 13.0. The van der Waals surface area contributed by atoms with E-state index in [0.29, 0.717) is 18.4 Å². The van der Waals surface area contributed by atoms with Crippen molar-refractivity contribution in [2.75, 3.05) is 6.61 Å². The van der Waals surface area contributed by atoms with E-state index in [1.807, 2.05) is 6.07 Å². The third-order valence-electron chi connectivity index (χ3n) is 4.32. The minimum atomic E-state index is -0.878. The Morgan fingerprint density at radius 1 is 1.30 bits per heavy atom. The van der Waals surface area contributed by atoms with E-state index in [-0.39, 0.29) is 5.89 Å². The van der Waals surface area contributed by atoms with E-state index in [1.165, 1.54) is 0 Å². The molecule has 0 radical (unpaired) electrons. The van der Waals surface area contributed by atoms with E-state index in [9.17, 15) is 19.6 Å². The van der Waals surface area contributed by atoms with Crippen LogP contribution in [0.5, 0.6) is 0 Å². The fourth-order valence-electron chi connectivity index (χ4n) is 2.96. The van der Waals surface area contributed by atoms with Gasteiger partial charge in [0.1, 0.15) is 12.1 Å². The summed E-state index contributed by atoms with van der Waals surface area (Å²) >= 11 is 0. The van der Waals surface area contributed by atoms with Gasteiger partial charge in [0.25, 0.3) is 5.91 Å². The standard InChI is InChI=1S/C18H18N4O5/c19-12-18(8-4-5-9-18)20-14(23)11-26-15(24)10-22-17(25)27-16(21-22)13-6-2-1-3-7-13/h1-3,6-7H,4-5,8-11H2,(H,20,23). The van der Waals surface area contributed by atoms with E-state index < -0.39 is 36.3 Å². The summed E-state index contributed by atoms with van der Waals surface area (Å²) in [4.78, 5) is 35.6. The van der Waals surface area contributed by atoms with Gasteiger partial charge in [-0.05, 0) is 37.8 Å². The predicted octanol–water partition coefficient (Wildman–Crippen LogP) is 0.999. The molecule has 1 heterocycles. The lowest BCUT2D eigenvalue weighted by Gasteiger charge is -2.21. The molecule has 1 N–H and O–H groups in total. The van der Waals surface area contributed by atoms with Gasteiger partial charge in [-0.3, -0.25) is 9.59 Å². The van der Waals surface area contributed by atoms with Crippen LogP contribution in [-0.4, -0.2) is 33.8 Å². The van der Waals surface area contributed by atoms with Crippen LogP contribution in [0.25, 0.3) is 11.5 Å². The largest absolute Gasteiger partial charge is 0.454 e. The highest BCUT2D eigenvalue weighted by atomic mass is 16.5. The maximum absolute atomic E-state index is 11.9. The molecule has 1 aliphatic rings. The lowest BCUT2D eigenvalue weighted by Crippen LogP contribution is -2.46. The van der Waals surface area contributed by atoms with Crippen molar-refractivity contribution in [3.8, 4) is 17.5 Å². The second-order valence-corrected chi connectivity index (χ2v) is 6.31. The zero-order valence-corrected chi connectivity index (χ0v) is 14.5. The van der Waals surface area contributed by atoms with Gasteiger partial charge in [-0.25, -0.2) is 4.79 Å². The second kappa shape index (κ2) is 7.86. The van der Waals surface area contributed by atoms with Crippen LogP contribution >= 0.6 is 0 Å². The number of rotatable bonds is 6. The van der Waals surface area contributed by atoms with Crippen LogP contribution in [0.4, 0.5) is 0 Å². The zero-order valence-electron chi connectivity index (χ0n) is 14.5. The summed E-state index contributed by atoms with van der Waals surface area (Å²) in [5.41, 5.74) is -0.281. The number of hydrogen-bond acceptors (Lipinski definition) is 7. The van der Waals surface area contributed by atoms with E-state index in [4.69, 9.17) is 9.15 Å². The van der Waals surface area contributed by atoms with Crippen molar-refractivity contribution in [1.29, 1.82) is 5.26 Å². The Hall–Kier alpha value is -3.41. The van der Waals surface area contributed by atoms with E-state index >= 15 is 0 Å². The van der Waals surface area contributed by atoms with Gasteiger partial charge in [0.2, 0.25) is 5.89 Å². The van der Waals surface area contributed by atoms with E-state index in [0.717, 1.165) is 17.5 Å². The Bertz CT molecular complexity index is 919. The van der Waals surface area contributed by atoms with Crippen molar-refractivity contribution in [3.63, 3.8) is 0 Å². The molecule has 0 aliphatic heterocycles. The van der Waals surface area contributed by atoms with Gasteiger partial charge in [-0.15, -0.1) is 5.10 Å². The lowest BCUT2D eigenvalue weighted by molar-refractivity contribution is -0.149. The maximum atomic E-state index is 11.9. The van der Waals surface area contributed by atoms with Crippen molar-refractivity contribution in [2.24, 2.45) is 0 Å². The second-order valence-electron chi connectivity index (χ2n) is 6.31. The normalized spacial score (nSPS) is 15.1. The molecular weight excluding hydrogens is 352 g/mol. The SMILES string of the molecule is N#CC1(NC(=O)COC(=O)Cn2nc(-c3ccccc3)oc2=O)CCCC1. The number of esters is 1. The Morgan fingerprint density at radius 2 is 2.00 bits per heavy atom. The summed E-state index contributed by atoms with van der Waals surface area (Å²) in [7, 11) is 0. The third-order valence-corrected chi connectivity index (χ3v) is 4.32. The molecule has 0 spiro atoms. The van der Waals surface area contributed by atoms with Crippen molar-refractivity contribution in [1.82, 2.24) is 15.1 Å². The number of aromatic nitrogens is 2. The number of hydrogen-bond donors (Lipinski definition) is 1. The summed E-state index contributed by atoms with van der Waals surface area (Å²) in [6.07, 6.45) is 2.90. The molecule has 9 nitrogen and oxygen atoms in total. The number of nitrogens with zero attached hydrogens (tertiary/aromatic N) is 3. The maximum Gasteiger partial charge on any atom is 0.437 e. The number of benzene rings is 1. The average molecular weight is 370 g/mol. The number of carbonyl (C=O) groups is 2. The molecule has 0 saturated heterocycles. The quantitative estimate of drug-likeness (QED) is 0.751. The molecule has 1 aliphatic carbocycles. The predicted molar refractivity (Wildman–Crippen MR) is 92.1 cm³/mol. The highest BCUT2D eigenvalue weighted by Crippen LogP contribution is 2.28. The molecule has 140 valence electrons. The van der Waals surface area contributed by atoms with Crippen LogP contribution in [0.1, 0.15) is 25.7 Å². The fourth-order valence-corrected chi connectivity index (χ4v) is 2.96. The van der Waals surface area contributed by atoms with Crippen molar-refractivity contribution in [3.05, 3.63) is 40.9 Å². The van der Waals surface area contributed by atoms with Gasteiger partial charge < -0.3 is 14.5 Å². The first kappa shape index (κ1) is 18.4. The van der Waals surface area contributed by atoms with Crippen LogP contribution in [-0.2, 0) is 20.9 Å². The molecule has 1 amide bonds. The van der Waals surface area contributed by atoms with Gasteiger partial charge in [0.05, 0.1) is 6.07 Å². The summed E-state index contributed by atoms with van der Waals surface area (Å²) in [6, 6.07) is 10.9. The van der Waals surface area contributed by atoms with Crippen LogP contribution in [0.3, 0.4) is 0 Å². The van der Waals surface area contributed by atoms with Crippen molar-refractivity contribution < 1.29 is 18.7 Å². The molecule has 0 bridgehead atoms. The number of carbonyl (C=O) groups excluding carboxylic acids is 2. The molecule has 2 aromatic rings. The van der Waals surface area contributed by atoms with Crippen LogP contribution in [0.15, 0.2) is 39.5 Å². The van der Waals surface area contributed by atoms with E-state index in [2.05, 4.69) is 16.5 Å². The summed E-state index contributed by atoms with van der Waals surface area (Å²) in [5.74, 6) is -2.07. The molecule has 3 rings (SSSR count). The van der Waals surface area contributed by atoms with Crippen molar-refractivity contribution in [2.45, 2.75) is 37.8 Å². The topological polar surface area (TPSA) is 127 Å². The van der Waals surface area contributed by atoms with Gasteiger partial charge >= 0.3 is 11.7 Å². The molecule has 1 fully saturated rings. The van der Waals surface area contributed by atoms with Crippen molar-refractivity contribution >= 4 is 11.9 Å². The molecule has 1 aromatic carbocycles. The number of amides is 1. The number of nitrogens with one attached hydrogen (secondary N) is 1. The Morgan fingerprint density at radius 3 is 2.67 bits per heavy atom. The Kier molecular flexibility index (Phi) is 5.35. The summed E-state index contributed by atoms with van der Waals surface area (Å²) < 4.78 is 10.7. The summed E-state index contributed by atoms with van der Waals surface area (Å²) in [5, 5.41) is 15.8. The smallest absolute Gasteiger partial charge is 0.437 e. The van der Waals surface area contributed by atoms with Gasteiger partial charge in [-0.1, -0.05) is 18.2 Å². The Labute approximate surface area is 154 Å². The van der Waals surface area contributed by atoms with Crippen LogP contribution < -0.4 is 11.1 Å². The first-order valence-electron chi connectivity index (χ1n) is 8.53. The lowest BCUT2D eigenvalue weighted by atomic mass is 10.00. The van der Waals surface area contributed by atoms with Crippen LogP contribution in [0, 0.1) is 11.3 Å². The van der Waals surface area contributed by atoms with Crippen LogP contribution in [0.2, 0.25) is 0 Å². The summed E-state index contributed by atoms with van der Waals surface area (Å²) in [6.45, 7) is -1.01. The Balaban J connectivity index is 1.54. The number of ether oxygens (including phenoxy) is 1. The first-order valence-corrected chi connectivity index (χ1v) is 8.53. The van der Waals surface area contributed by atoms with Gasteiger partial charge in [0, 0.05) is 5.56 Å².